The van der Waals surface area contributed by atoms with Crippen molar-refractivity contribution in [3.63, 3.8) is 0 Å². The van der Waals surface area contributed by atoms with E-state index in [1.165, 1.54) is 25.1 Å². The first-order chi connectivity index (χ1) is 14.8. The Hall–Kier alpha value is -3.22. The normalized spacial score (nSPS) is 12.3. The van der Waals surface area contributed by atoms with Gasteiger partial charge >= 0.3 is 18.0 Å². The van der Waals surface area contributed by atoms with Gasteiger partial charge in [0.1, 0.15) is 4.83 Å². The van der Waals surface area contributed by atoms with E-state index in [2.05, 4.69) is 4.74 Å². The minimum Gasteiger partial charge on any atom is -0.449 e. The highest BCUT2D eigenvalue weighted by Gasteiger charge is 2.35. The number of rotatable bonds is 6. The van der Waals surface area contributed by atoms with Crippen LogP contribution in [0, 0.1) is 6.92 Å². The van der Waals surface area contributed by atoms with Gasteiger partial charge in [0, 0.05) is 17.7 Å². The number of aryl methyl sites for hydroxylation is 2. The molecule has 13 heteroatoms. The molecule has 2 aromatic heterocycles. The second-order valence-electron chi connectivity index (χ2n) is 6.82. The van der Waals surface area contributed by atoms with Gasteiger partial charge < -0.3 is 9.84 Å². The van der Waals surface area contributed by atoms with Gasteiger partial charge in [-0.25, -0.2) is 9.59 Å². The number of benzene rings is 1. The summed E-state index contributed by atoms with van der Waals surface area (Å²) < 4.78 is 73.2. The number of nitrogens with zero attached hydrogens (tertiary/aromatic N) is 2. The molecule has 0 unspecified atom stereocenters. The van der Waals surface area contributed by atoms with Crippen LogP contribution in [0.3, 0.4) is 0 Å². The standard InChI is InChI=1S/C19H15F5N2O5S/c1-10-12-13(27)26(9-18(20,21)11-5-3-2-4-6-11)16(28)25(8-7-19(22,23)24)14(12)32-15(10)31-17(29)30/h2-6H,7-9H2,1H3,(H,29,30). The smallest absolute Gasteiger partial charge is 0.449 e. The number of carbonyl (C=O) groups is 1. The van der Waals surface area contributed by atoms with Gasteiger partial charge in [-0.2, -0.15) is 22.0 Å². The van der Waals surface area contributed by atoms with Crippen molar-refractivity contribution in [2.24, 2.45) is 0 Å². The molecule has 0 saturated carbocycles. The van der Waals surface area contributed by atoms with E-state index in [0.717, 1.165) is 12.1 Å². The van der Waals surface area contributed by atoms with E-state index in [1.54, 1.807) is 0 Å². The second kappa shape index (κ2) is 8.37. The summed E-state index contributed by atoms with van der Waals surface area (Å²) in [6.45, 7) is -1.12. The summed E-state index contributed by atoms with van der Waals surface area (Å²) in [6.07, 6.45) is -7.89. The fraction of sp³-hybridized carbons (Fsp3) is 0.316. The fourth-order valence-electron chi connectivity index (χ4n) is 3.10. The third-order valence-electron chi connectivity index (χ3n) is 4.60. The molecule has 0 aliphatic rings. The van der Waals surface area contributed by atoms with Crippen LogP contribution in [0.25, 0.3) is 10.2 Å². The van der Waals surface area contributed by atoms with E-state index in [-0.39, 0.29) is 25.4 Å². The molecule has 172 valence electrons. The van der Waals surface area contributed by atoms with Gasteiger partial charge in [-0.3, -0.25) is 13.9 Å². The van der Waals surface area contributed by atoms with Crippen molar-refractivity contribution in [1.82, 2.24) is 9.13 Å². The maximum absolute atomic E-state index is 14.8. The highest BCUT2D eigenvalue weighted by Crippen LogP contribution is 2.36. The summed E-state index contributed by atoms with van der Waals surface area (Å²) >= 11 is 0.473. The average molecular weight is 478 g/mol. The third kappa shape index (κ3) is 4.66. The Morgan fingerprint density at radius 2 is 1.72 bits per heavy atom. The predicted octanol–water partition coefficient (Wildman–Crippen LogP) is 4.33. The molecule has 3 aromatic rings. The number of thiophene rings is 1. The van der Waals surface area contributed by atoms with Crippen LogP contribution in [0.15, 0.2) is 39.9 Å². The SMILES string of the molecule is Cc1c(OC(=O)O)sc2c1c(=O)n(CC(F)(F)c1ccccc1)c(=O)n2CCC(F)(F)F. The molecule has 0 fully saturated rings. The summed E-state index contributed by atoms with van der Waals surface area (Å²) in [6, 6.07) is 6.31. The summed E-state index contributed by atoms with van der Waals surface area (Å²) in [4.78, 5) is 36.4. The molecule has 7 nitrogen and oxygen atoms in total. The second-order valence-corrected chi connectivity index (χ2v) is 7.79. The Kier molecular flexibility index (Phi) is 6.13. The van der Waals surface area contributed by atoms with Crippen LogP contribution in [0.5, 0.6) is 5.06 Å². The molecular formula is C19H15F5N2O5S. The molecule has 0 aliphatic carbocycles. The molecule has 0 radical (unpaired) electrons. The van der Waals surface area contributed by atoms with E-state index >= 15 is 0 Å². The molecule has 1 N–H and O–H groups in total. The Bertz CT molecular complexity index is 1280. The lowest BCUT2D eigenvalue weighted by atomic mass is 10.1. The van der Waals surface area contributed by atoms with E-state index in [9.17, 15) is 36.3 Å². The first-order valence-corrected chi connectivity index (χ1v) is 9.81. The van der Waals surface area contributed by atoms with E-state index in [1.807, 2.05) is 0 Å². The maximum Gasteiger partial charge on any atom is 0.512 e. The first kappa shape index (κ1) is 23.4. The van der Waals surface area contributed by atoms with Crippen molar-refractivity contribution in [2.45, 2.75) is 38.5 Å². The van der Waals surface area contributed by atoms with Gasteiger partial charge in [-0.1, -0.05) is 41.7 Å². The molecule has 32 heavy (non-hydrogen) atoms. The quantitative estimate of drug-likeness (QED) is 0.421. The highest BCUT2D eigenvalue weighted by atomic mass is 32.1. The third-order valence-corrected chi connectivity index (χ3v) is 5.79. The number of ether oxygens (including phenoxy) is 1. The molecular weight excluding hydrogens is 463 g/mol. The number of halogens is 5. The van der Waals surface area contributed by atoms with Crippen molar-refractivity contribution < 1.29 is 36.6 Å². The molecule has 0 amide bonds. The van der Waals surface area contributed by atoms with Crippen LogP contribution < -0.4 is 16.0 Å². The monoisotopic (exact) mass is 478 g/mol. The summed E-state index contributed by atoms with van der Waals surface area (Å²) in [5.74, 6) is -3.69. The number of fused-ring (bicyclic) bond motifs is 1. The zero-order valence-corrected chi connectivity index (χ0v) is 17.1. The summed E-state index contributed by atoms with van der Waals surface area (Å²) in [5.41, 5.74) is -3.14. The zero-order chi connectivity index (χ0) is 23.8. The van der Waals surface area contributed by atoms with Gasteiger partial charge in [0.15, 0.2) is 5.06 Å². The Morgan fingerprint density at radius 1 is 1.09 bits per heavy atom. The van der Waals surface area contributed by atoms with E-state index in [4.69, 9.17) is 5.11 Å². The summed E-state index contributed by atoms with van der Waals surface area (Å²) in [7, 11) is 0. The molecule has 0 atom stereocenters. The fourth-order valence-corrected chi connectivity index (χ4v) is 4.26. The maximum atomic E-state index is 14.8. The zero-order valence-electron chi connectivity index (χ0n) is 16.3. The minimum atomic E-state index is -4.67. The van der Waals surface area contributed by atoms with Crippen molar-refractivity contribution in [3.8, 4) is 5.06 Å². The summed E-state index contributed by atoms with van der Waals surface area (Å²) in [5, 5.41) is 8.12. The number of hydrogen-bond donors (Lipinski definition) is 1. The average Bonchev–Trinajstić information content (AvgIpc) is 3.00. The van der Waals surface area contributed by atoms with Crippen LogP contribution in [0.4, 0.5) is 26.7 Å². The molecule has 0 spiro atoms. The number of hydrogen-bond acceptors (Lipinski definition) is 5. The number of alkyl halides is 5. The topological polar surface area (TPSA) is 90.5 Å². The van der Waals surface area contributed by atoms with Crippen LogP contribution in [0.2, 0.25) is 0 Å². The lowest BCUT2D eigenvalue weighted by molar-refractivity contribution is -0.136. The van der Waals surface area contributed by atoms with Crippen LogP contribution in [-0.4, -0.2) is 26.6 Å². The molecule has 0 aliphatic heterocycles. The molecule has 0 saturated heterocycles. The molecule has 3 rings (SSSR count). The molecule has 1 aromatic carbocycles. The van der Waals surface area contributed by atoms with Crippen LogP contribution in [0.1, 0.15) is 17.5 Å². The van der Waals surface area contributed by atoms with E-state index in [0.29, 0.717) is 15.9 Å². The number of aromatic nitrogens is 2. The van der Waals surface area contributed by atoms with Crippen molar-refractivity contribution in [2.75, 3.05) is 0 Å². The van der Waals surface area contributed by atoms with Crippen molar-refractivity contribution in [1.29, 1.82) is 0 Å². The Morgan fingerprint density at radius 3 is 2.28 bits per heavy atom. The van der Waals surface area contributed by atoms with Gasteiger partial charge in [0.2, 0.25) is 0 Å². The van der Waals surface area contributed by atoms with Gasteiger partial charge in [-0.05, 0) is 6.92 Å². The molecule has 0 bridgehead atoms. The lowest BCUT2D eigenvalue weighted by Gasteiger charge is -2.19. The highest BCUT2D eigenvalue weighted by molar-refractivity contribution is 7.20. The Balaban J connectivity index is 2.24. The predicted molar refractivity (Wildman–Crippen MR) is 105 cm³/mol. The molecule has 2 heterocycles. The van der Waals surface area contributed by atoms with Gasteiger partial charge in [-0.15, -0.1) is 0 Å². The van der Waals surface area contributed by atoms with E-state index < -0.39 is 54.6 Å². The van der Waals surface area contributed by atoms with Gasteiger partial charge in [0.25, 0.3) is 11.5 Å². The first-order valence-electron chi connectivity index (χ1n) is 8.99. The van der Waals surface area contributed by atoms with Crippen LogP contribution >= 0.6 is 11.3 Å². The largest absolute Gasteiger partial charge is 0.512 e. The van der Waals surface area contributed by atoms with Crippen molar-refractivity contribution in [3.05, 3.63) is 62.3 Å². The minimum absolute atomic E-state index is 0.0880. The number of carboxylic acid groups (broad SMARTS) is 1. The lowest BCUT2D eigenvalue weighted by Crippen LogP contribution is -2.43. The van der Waals surface area contributed by atoms with Gasteiger partial charge in [0.05, 0.1) is 18.4 Å². The Labute approximate surface area is 179 Å². The van der Waals surface area contributed by atoms with Crippen molar-refractivity contribution >= 4 is 27.7 Å². The van der Waals surface area contributed by atoms with Crippen LogP contribution in [-0.2, 0) is 19.0 Å².